The number of ether oxygens (including phenoxy) is 1. The van der Waals surface area contributed by atoms with Crippen LogP contribution in [0.15, 0.2) is 104 Å². The van der Waals surface area contributed by atoms with Crippen LogP contribution in [0.2, 0.25) is 0 Å². The number of rotatable bonds is 7. The van der Waals surface area contributed by atoms with E-state index in [1.165, 1.54) is 7.11 Å². The lowest BCUT2D eigenvalue weighted by atomic mass is 9.76. The lowest BCUT2D eigenvalue weighted by Gasteiger charge is -2.38. The van der Waals surface area contributed by atoms with Crippen LogP contribution in [0.1, 0.15) is 22.4 Å². The average molecular weight is 412 g/mol. The highest BCUT2D eigenvalue weighted by Crippen LogP contribution is 2.41. The smallest absolute Gasteiger partial charge is 0.323 e. The Morgan fingerprint density at radius 3 is 1.77 bits per heavy atom. The molecule has 5 heteroatoms. The maximum absolute atomic E-state index is 12.0. The van der Waals surface area contributed by atoms with E-state index in [1.807, 2.05) is 60.9 Å². The molecule has 3 aromatic carbocycles. The molecule has 5 nitrogen and oxygen atoms in total. The van der Waals surface area contributed by atoms with Gasteiger partial charge >= 0.3 is 5.97 Å². The van der Waals surface area contributed by atoms with Crippen molar-refractivity contribution in [2.45, 2.75) is 18.0 Å². The third kappa shape index (κ3) is 3.76. The number of hydrogen-bond donors (Lipinski definition) is 1. The molecule has 0 saturated heterocycles. The Labute approximate surface area is 182 Å². The molecule has 2 N–H and O–H groups in total. The third-order valence-corrected chi connectivity index (χ3v) is 5.58. The highest BCUT2D eigenvalue weighted by molar-refractivity contribution is 5.75. The molecule has 1 atom stereocenters. The number of benzene rings is 3. The Morgan fingerprint density at radius 1 is 0.903 bits per heavy atom. The van der Waals surface area contributed by atoms with Crippen LogP contribution in [-0.4, -0.2) is 28.7 Å². The van der Waals surface area contributed by atoms with E-state index >= 15 is 0 Å². The van der Waals surface area contributed by atoms with Crippen LogP contribution < -0.4 is 5.73 Å². The summed E-state index contributed by atoms with van der Waals surface area (Å²) in [5.41, 5.74) is 9.53. The zero-order valence-corrected chi connectivity index (χ0v) is 17.4. The van der Waals surface area contributed by atoms with Crippen LogP contribution in [0, 0.1) is 0 Å². The van der Waals surface area contributed by atoms with Crippen LogP contribution in [0.25, 0.3) is 0 Å². The van der Waals surface area contributed by atoms with Crippen molar-refractivity contribution in [2.75, 3.05) is 7.11 Å². The van der Waals surface area contributed by atoms with Gasteiger partial charge in [0.05, 0.1) is 13.4 Å². The summed E-state index contributed by atoms with van der Waals surface area (Å²) in [5.74, 6) is -0.447. The standard InChI is InChI=1S/C26H25N3O2/c1-31-25(30)24(27)17-23-18-28-19-29(23)26(20-11-5-2-6-12-20,21-13-7-3-8-14-21)22-15-9-4-10-16-22/h2-16,18-19,24H,17,27H2,1H3. The summed E-state index contributed by atoms with van der Waals surface area (Å²) in [7, 11) is 1.35. The number of nitrogens with zero attached hydrogens (tertiary/aromatic N) is 2. The first-order valence-electron chi connectivity index (χ1n) is 10.2. The van der Waals surface area contributed by atoms with Crippen molar-refractivity contribution in [1.82, 2.24) is 9.55 Å². The van der Waals surface area contributed by atoms with Gasteiger partial charge in [-0.1, -0.05) is 91.0 Å². The lowest BCUT2D eigenvalue weighted by molar-refractivity contribution is -0.142. The summed E-state index contributed by atoms with van der Waals surface area (Å²) in [6, 6.07) is 30.1. The number of aromatic nitrogens is 2. The fourth-order valence-corrected chi connectivity index (χ4v) is 4.19. The number of carbonyl (C=O) groups is 1. The topological polar surface area (TPSA) is 70.1 Å². The van der Waals surface area contributed by atoms with E-state index in [-0.39, 0.29) is 0 Å². The number of methoxy groups -OCH3 is 1. The van der Waals surface area contributed by atoms with E-state index < -0.39 is 17.6 Å². The van der Waals surface area contributed by atoms with Crippen molar-refractivity contribution in [3.8, 4) is 0 Å². The van der Waals surface area contributed by atoms with E-state index in [0.29, 0.717) is 6.42 Å². The predicted octanol–water partition coefficient (Wildman–Crippen LogP) is 3.77. The van der Waals surface area contributed by atoms with Gasteiger partial charge in [-0.15, -0.1) is 0 Å². The minimum absolute atomic E-state index is 0.306. The molecule has 0 radical (unpaired) electrons. The molecule has 0 aliphatic carbocycles. The molecule has 0 saturated carbocycles. The number of hydrogen-bond acceptors (Lipinski definition) is 4. The molecule has 4 aromatic rings. The lowest BCUT2D eigenvalue weighted by Crippen LogP contribution is -2.40. The summed E-state index contributed by atoms with van der Waals surface area (Å²) >= 11 is 0. The summed E-state index contributed by atoms with van der Waals surface area (Å²) in [4.78, 5) is 16.5. The molecule has 0 fully saturated rings. The maximum Gasteiger partial charge on any atom is 0.323 e. The first-order valence-corrected chi connectivity index (χ1v) is 10.2. The summed E-state index contributed by atoms with van der Waals surface area (Å²) in [6.07, 6.45) is 3.89. The molecular weight excluding hydrogens is 386 g/mol. The van der Waals surface area contributed by atoms with Crippen molar-refractivity contribution in [2.24, 2.45) is 5.73 Å². The van der Waals surface area contributed by atoms with Gasteiger partial charge < -0.3 is 15.0 Å². The molecule has 0 bridgehead atoms. The molecule has 0 amide bonds. The Morgan fingerprint density at radius 2 is 1.35 bits per heavy atom. The quantitative estimate of drug-likeness (QED) is 0.371. The summed E-state index contributed by atoms with van der Waals surface area (Å²) < 4.78 is 6.97. The second-order valence-electron chi connectivity index (χ2n) is 7.40. The monoisotopic (exact) mass is 411 g/mol. The molecule has 1 unspecified atom stereocenters. The van der Waals surface area contributed by atoms with Gasteiger partial charge in [0.15, 0.2) is 0 Å². The van der Waals surface area contributed by atoms with Gasteiger partial charge in [-0.3, -0.25) is 4.79 Å². The number of imidazole rings is 1. The number of esters is 1. The van der Waals surface area contributed by atoms with Crippen molar-refractivity contribution in [3.63, 3.8) is 0 Å². The largest absolute Gasteiger partial charge is 0.468 e. The van der Waals surface area contributed by atoms with Gasteiger partial charge in [0.1, 0.15) is 11.6 Å². The highest BCUT2D eigenvalue weighted by atomic mass is 16.5. The molecule has 1 aromatic heterocycles. The zero-order chi connectivity index (χ0) is 21.7. The maximum atomic E-state index is 12.0. The second kappa shape index (κ2) is 8.98. The summed E-state index contributed by atoms with van der Waals surface area (Å²) in [5, 5.41) is 0. The number of carbonyl (C=O) groups excluding carboxylic acids is 1. The Kier molecular flexibility index (Phi) is 5.96. The third-order valence-electron chi connectivity index (χ3n) is 5.58. The zero-order valence-electron chi connectivity index (χ0n) is 17.4. The molecule has 156 valence electrons. The van der Waals surface area contributed by atoms with E-state index in [9.17, 15) is 4.79 Å². The van der Waals surface area contributed by atoms with E-state index in [4.69, 9.17) is 10.5 Å². The molecule has 31 heavy (non-hydrogen) atoms. The first kappa shape index (κ1) is 20.6. The molecule has 0 aliphatic rings. The van der Waals surface area contributed by atoms with Crippen molar-refractivity contribution >= 4 is 5.97 Å². The van der Waals surface area contributed by atoms with Crippen LogP contribution in [-0.2, 0) is 21.5 Å². The van der Waals surface area contributed by atoms with E-state index in [1.54, 1.807) is 6.20 Å². The number of nitrogens with two attached hydrogens (primary N) is 1. The molecule has 0 aliphatic heterocycles. The summed E-state index contributed by atoms with van der Waals surface area (Å²) in [6.45, 7) is 0. The second-order valence-corrected chi connectivity index (χ2v) is 7.40. The van der Waals surface area contributed by atoms with Gasteiger partial charge in [-0.25, -0.2) is 4.98 Å². The van der Waals surface area contributed by atoms with Crippen LogP contribution >= 0.6 is 0 Å². The Balaban J connectivity index is 2.01. The molecule has 4 rings (SSSR count). The van der Waals surface area contributed by atoms with Gasteiger partial charge in [-0.2, -0.15) is 0 Å². The van der Waals surface area contributed by atoms with Crippen LogP contribution in [0.5, 0.6) is 0 Å². The van der Waals surface area contributed by atoms with Crippen LogP contribution in [0.4, 0.5) is 0 Å². The van der Waals surface area contributed by atoms with Gasteiger partial charge in [-0.05, 0) is 16.7 Å². The normalized spacial score (nSPS) is 12.3. The molecule has 0 spiro atoms. The molecule has 1 heterocycles. The fourth-order valence-electron chi connectivity index (χ4n) is 4.19. The van der Waals surface area contributed by atoms with Crippen molar-refractivity contribution in [3.05, 3.63) is 126 Å². The van der Waals surface area contributed by atoms with Gasteiger partial charge in [0.2, 0.25) is 0 Å². The SMILES string of the molecule is COC(=O)C(N)Cc1cncn1C(c1ccccc1)(c1ccccc1)c1ccccc1. The van der Waals surface area contributed by atoms with E-state index in [2.05, 4.69) is 45.9 Å². The molecular formula is C26H25N3O2. The average Bonchev–Trinajstić information content (AvgIpc) is 3.29. The minimum atomic E-state index is -0.777. The van der Waals surface area contributed by atoms with Crippen LogP contribution in [0.3, 0.4) is 0 Å². The minimum Gasteiger partial charge on any atom is -0.468 e. The van der Waals surface area contributed by atoms with Gasteiger partial charge in [0, 0.05) is 18.3 Å². The van der Waals surface area contributed by atoms with Crippen molar-refractivity contribution in [1.29, 1.82) is 0 Å². The Bertz CT molecular complexity index is 1030. The highest BCUT2D eigenvalue weighted by Gasteiger charge is 2.39. The Hall–Kier alpha value is -3.70. The van der Waals surface area contributed by atoms with E-state index in [0.717, 1.165) is 22.4 Å². The fraction of sp³-hybridized carbons (Fsp3) is 0.154. The first-order chi connectivity index (χ1) is 15.2. The predicted molar refractivity (Wildman–Crippen MR) is 121 cm³/mol. The van der Waals surface area contributed by atoms with Gasteiger partial charge in [0.25, 0.3) is 0 Å². The van der Waals surface area contributed by atoms with Crippen molar-refractivity contribution < 1.29 is 9.53 Å².